The van der Waals surface area contributed by atoms with Crippen LogP contribution in [0.2, 0.25) is 0 Å². The molecule has 0 bridgehead atoms. The molecule has 78 valence electrons. The standard InChI is InChI=1S/C12H18O2/c1-10(2)12(13,9-14-3)11-7-5-4-6-8-11/h4-8,10,13H,9H2,1-3H3. The van der Waals surface area contributed by atoms with Gasteiger partial charge < -0.3 is 9.84 Å². The average Bonchev–Trinajstić information content (AvgIpc) is 2.19. The van der Waals surface area contributed by atoms with E-state index in [1.165, 1.54) is 0 Å². The van der Waals surface area contributed by atoms with E-state index in [0.29, 0.717) is 6.61 Å². The van der Waals surface area contributed by atoms with Gasteiger partial charge in [0.15, 0.2) is 0 Å². The van der Waals surface area contributed by atoms with Crippen molar-refractivity contribution < 1.29 is 9.84 Å². The maximum Gasteiger partial charge on any atom is 0.115 e. The van der Waals surface area contributed by atoms with Gasteiger partial charge in [-0.25, -0.2) is 0 Å². The summed E-state index contributed by atoms with van der Waals surface area (Å²) in [5, 5.41) is 10.4. The third-order valence-electron chi connectivity index (χ3n) is 2.59. The van der Waals surface area contributed by atoms with Crippen LogP contribution in [0.25, 0.3) is 0 Å². The van der Waals surface area contributed by atoms with Crippen molar-refractivity contribution in [3.05, 3.63) is 35.9 Å². The molecule has 0 saturated heterocycles. The van der Waals surface area contributed by atoms with Crippen molar-refractivity contribution in [2.45, 2.75) is 19.4 Å². The Morgan fingerprint density at radius 1 is 1.29 bits per heavy atom. The Hall–Kier alpha value is -0.860. The summed E-state index contributed by atoms with van der Waals surface area (Å²) in [4.78, 5) is 0. The first-order valence-corrected chi connectivity index (χ1v) is 4.88. The molecule has 1 unspecified atom stereocenters. The number of methoxy groups -OCH3 is 1. The second-order valence-corrected chi connectivity index (χ2v) is 3.88. The second kappa shape index (κ2) is 4.58. The molecule has 0 radical (unpaired) electrons. The molecule has 1 aromatic rings. The highest BCUT2D eigenvalue weighted by Gasteiger charge is 2.32. The van der Waals surface area contributed by atoms with Gasteiger partial charge in [0.1, 0.15) is 5.60 Å². The molecular formula is C12H18O2. The number of rotatable bonds is 4. The van der Waals surface area contributed by atoms with Crippen LogP contribution in [0.1, 0.15) is 19.4 Å². The summed E-state index contributed by atoms with van der Waals surface area (Å²) >= 11 is 0. The molecule has 1 rings (SSSR count). The highest BCUT2D eigenvalue weighted by atomic mass is 16.5. The Morgan fingerprint density at radius 2 is 1.86 bits per heavy atom. The summed E-state index contributed by atoms with van der Waals surface area (Å²) in [6.07, 6.45) is 0. The van der Waals surface area contributed by atoms with Gasteiger partial charge in [-0.15, -0.1) is 0 Å². The van der Waals surface area contributed by atoms with Crippen LogP contribution in [0.3, 0.4) is 0 Å². The van der Waals surface area contributed by atoms with E-state index in [0.717, 1.165) is 5.56 Å². The molecule has 14 heavy (non-hydrogen) atoms. The van der Waals surface area contributed by atoms with Crippen molar-refractivity contribution in [3.8, 4) is 0 Å². The molecule has 0 spiro atoms. The van der Waals surface area contributed by atoms with E-state index in [4.69, 9.17) is 4.74 Å². The number of aliphatic hydroxyl groups is 1. The van der Waals surface area contributed by atoms with Gasteiger partial charge in [-0.3, -0.25) is 0 Å². The van der Waals surface area contributed by atoms with Gasteiger partial charge in [0.05, 0.1) is 6.61 Å². The van der Waals surface area contributed by atoms with E-state index in [2.05, 4.69) is 0 Å². The zero-order valence-electron chi connectivity index (χ0n) is 9.03. The predicted octanol–water partition coefficient (Wildman–Crippen LogP) is 2.18. The first-order chi connectivity index (χ1) is 6.61. The van der Waals surface area contributed by atoms with E-state index in [-0.39, 0.29) is 5.92 Å². The minimum absolute atomic E-state index is 0.129. The lowest BCUT2D eigenvalue weighted by Crippen LogP contribution is -2.36. The second-order valence-electron chi connectivity index (χ2n) is 3.88. The van der Waals surface area contributed by atoms with E-state index in [1.807, 2.05) is 44.2 Å². The summed E-state index contributed by atoms with van der Waals surface area (Å²) in [5.41, 5.74) is 0.0348. The SMILES string of the molecule is COCC(O)(c1ccccc1)C(C)C. The predicted molar refractivity (Wildman–Crippen MR) is 57.1 cm³/mol. The van der Waals surface area contributed by atoms with Crippen LogP contribution in [0.4, 0.5) is 0 Å². The Morgan fingerprint density at radius 3 is 2.29 bits per heavy atom. The fourth-order valence-electron chi connectivity index (χ4n) is 1.53. The maximum absolute atomic E-state index is 10.4. The summed E-state index contributed by atoms with van der Waals surface area (Å²) in [7, 11) is 1.61. The first-order valence-electron chi connectivity index (χ1n) is 4.88. The van der Waals surface area contributed by atoms with Crippen LogP contribution < -0.4 is 0 Å². The molecule has 0 aliphatic carbocycles. The van der Waals surface area contributed by atoms with Crippen LogP contribution in [-0.2, 0) is 10.3 Å². The molecule has 0 heterocycles. The van der Waals surface area contributed by atoms with Crippen LogP contribution in [-0.4, -0.2) is 18.8 Å². The number of hydrogen-bond donors (Lipinski definition) is 1. The maximum atomic E-state index is 10.4. The molecule has 1 aromatic carbocycles. The molecule has 0 saturated carbocycles. The lowest BCUT2D eigenvalue weighted by atomic mass is 9.84. The van der Waals surface area contributed by atoms with Gasteiger partial charge in [0, 0.05) is 7.11 Å². The van der Waals surface area contributed by atoms with Crippen LogP contribution in [0, 0.1) is 5.92 Å². The smallest absolute Gasteiger partial charge is 0.115 e. The van der Waals surface area contributed by atoms with Gasteiger partial charge in [0.25, 0.3) is 0 Å². The average molecular weight is 194 g/mol. The number of benzene rings is 1. The third-order valence-corrected chi connectivity index (χ3v) is 2.59. The van der Waals surface area contributed by atoms with Crippen molar-refractivity contribution in [2.75, 3.05) is 13.7 Å². The molecular weight excluding hydrogens is 176 g/mol. The molecule has 1 N–H and O–H groups in total. The van der Waals surface area contributed by atoms with Crippen molar-refractivity contribution >= 4 is 0 Å². The van der Waals surface area contributed by atoms with Gasteiger partial charge in [0.2, 0.25) is 0 Å². The lowest BCUT2D eigenvalue weighted by Gasteiger charge is -2.31. The van der Waals surface area contributed by atoms with E-state index in [9.17, 15) is 5.11 Å². The van der Waals surface area contributed by atoms with Crippen molar-refractivity contribution in [1.82, 2.24) is 0 Å². The summed E-state index contributed by atoms with van der Waals surface area (Å²) in [6, 6.07) is 9.66. The minimum Gasteiger partial charge on any atom is -0.382 e. The lowest BCUT2D eigenvalue weighted by molar-refractivity contribution is -0.0700. The normalized spacial score (nSPS) is 15.5. The molecule has 0 aromatic heterocycles. The number of ether oxygens (including phenoxy) is 1. The van der Waals surface area contributed by atoms with Crippen molar-refractivity contribution in [2.24, 2.45) is 5.92 Å². The molecule has 2 nitrogen and oxygen atoms in total. The summed E-state index contributed by atoms with van der Waals surface area (Å²) in [6.45, 7) is 4.31. The highest BCUT2D eigenvalue weighted by Crippen LogP contribution is 2.29. The van der Waals surface area contributed by atoms with Crippen LogP contribution in [0.15, 0.2) is 30.3 Å². The fraction of sp³-hybridized carbons (Fsp3) is 0.500. The molecule has 0 aliphatic heterocycles. The minimum atomic E-state index is -0.879. The fourth-order valence-corrected chi connectivity index (χ4v) is 1.53. The molecule has 2 heteroatoms. The molecule has 1 atom stereocenters. The zero-order valence-corrected chi connectivity index (χ0v) is 9.03. The largest absolute Gasteiger partial charge is 0.382 e. The third kappa shape index (κ3) is 2.14. The van der Waals surface area contributed by atoms with Crippen LogP contribution in [0.5, 0.6) is 0 Å². The number of hydrogen-bond acceptors (Lipinski definition) is 2. The summed E-state index contributed by atoms with van der Waals surface area (Å²) < 4.78 is 5.07. The zero-order chi connectivity index (χ0) is 10.6. The van der Waals surface area contributed by atoms with Gasteiger partial charge in [-0.2, -0.15) is 0 Å². The molecule has 0 amide bonds. The Balaban J connectivity index is 2.99. The van der Waals surface area contributed by atoms with Gasteiger partial charge >= 0.3 is 0 Å². The highest BCUT2D eigenvalue weighted by molar-refractivity contribution is 5.23. The van der Waals surface area contributed by atoms with Crippen molar-refractivity contribution in [3.63, 3.8) is 0 Å². The monoisotopic (exact) mass is 194 g/mol. The van der Waals surface area contributed by atoms with Crippen molar-refractivity contribution in [1.29, 1.82) is 0 Å². The molecule has 0 aliphatic rings. The quantitative estimate of drug-likeness (QED) is 0.796. The Labute approximate surface area is 85.5 Å². The molecule has 0 fully saturated rings. The van der Waals surface area contributed by atoms with E-state index in [1.54, 1.807) is 7.11 Å². The Bertz CT molecular complexity index is 269. The first kappa shape index (κ1) is 11.2. The summed E-state index contributed by atoms with van der Waals surface area (Å²) in [5.74, 6) is 0.129. The van der Waals surface area contributed by atoms with E-state index >= 15 is 0 Å². The topological polar surface area (TPSA) is 29.5 Å². The van der Waals surface area contributed by atoms with Gasteiger partial charge in [-0.1, -0.05) is 44.2 Å². The van der Waals surface area contributed by atoms with Gasteiger partial charge in [-0.05, 0) is 11.5 Å². The van der Waals surface area contributed by atoms with Crippen LogP contribution >= 0.6 is 0 Å². The van der Waals surface area contributed by atoms with E-state index < -0.39 is 5.60 Å². The Kier molecular flexibility index (Phi) is 3.67.